The first-order valence-electron chi connectivity index (χ1n) is 6.30. The zero-order valence-electron chi connectivity index (χ0n) is 11.2. The summed E-state index contributed by atoms with van der Waals surface area (Å²) < 4.78 is 5.18. The molecule has 3 aromatic rings. The summed E-state index contributed by atoms with van der Waals surface area (Å²) >= 11 is 0. The van der Waals surface area contributed by atoms with E-state index in [2.05, 4.69) is 20.7 Å². The SMILES string of the molecule is Cc1[nH]nc(NC(=O)Cc2noc3ccccc23)c1C. The number of fused-ring (bicyclic) bond motifs is 1. The van der Waals surface area contributed by atoms with Gasteiger partial charge in [0.2, 0.25) is 5.91 Å². The van der Waals surface area contributed by atoms with Gasteiger partial charge >= 0.3 is 0 Å². The van der Waals surface area contributed by atoms with Gasteiger partial charge in [0, 0.05) is 16.6 Å². The highest BCUT2D eigenvalue weighted by Gasteiger charge is 2.14. The lowest BCUT2D eigenvalue weighted by Crippen LogP contribution is -2.15. The number of para-hydroxylation sites is 1. The Kier molecular flexibility index (Phi) is 2.98. The van der Waals surface area contributed by atoms with E-state index in [1.54, 1.807) is 0 Å². The number of nitrogens with one attached hydrogen (secondary N) is 2. The fourth-order valence-electron chi connectivity index (χ4n) is 2.00. The Balaban J connectivity index is 1.78. The van der Waals surface area contributed by atoms with Crippen molar-refractivity contribution in [3.05, 3.63) is 41.2 Å². The monoisotopic (exact) mass is 270 g/mol. The molecule has 2 N–H and O–H groups in total. The number of amides is 1. The van der Waals surface area contributed by atoms with Crippen molar-refractivity contribution in [3.8, 4) is 0 Å². The Bertz CT molecular complexity index is 772. The third-order valence-corrected chi connectivity index (χ3v) is 3.29. The molecule has 1 amide bonds. The summed E-state index contributed by atoms with van der Waals surface area (Å²) in [6.07, 6.45) is 0.155. The van der Waals surface area contributed by atoms with Crippen molar-refractivity contribution in [1.82, 2.24) is 15.4 Å². The maximum absolute atomic E-state index is 12.0. The Hall–Kier alpha value is -2.63. The molecule has 0 saturated heterocycles. The van der Waals surface area contributed by atoms with Crippen LogP contribution in [-0.2, 0) is 11.2 Å². The molecule has 2 aromatic heterocycles. The first kappa shape index (κ1) is 12.4. The van der Waals surface area contributed by atoms with E-state index in [4.69, 9.17) is 4.52 Å². The summed E-state index contributed by atoms with van der Waals surface area (Å²) in [4.78, 5) is 12.0. The fraction of sp³-hybridized carbons (Fsp3) is 0.214. The molecular weight excluding hydrogens is 256 g/mol. The minimum atomic E-state index is -0.168. The van der Waals surface area contributed by atoms with Gasteiger partial charge in [-0.2, -0.15) is 5.10 Å². The van der Waals surface area contributed by atoms with Gasteiger partial charge in [-0.1, -0.05) is 17.3 Å². The molecule has 3 rings (SSSR count). The summed E-state index contributed by atoms with van der Waals surface area (Å²) in [5.74, 6) is 0.388. The van der Waals surface area contributed by atoms with Crippen LogP contribution in [0, 0.1) is 13.8 Å². The van der Waals surface area contributed by atoms with E-state index in [1.165, 1.54) is 0 Å². The molecule has 6 nitrogen and oxygen atoms in total. The van der Waals surface area contributed by atoms with E-state index in [1.807, 2.05) is 38.1 Å². The third kappa shape index (κ3) is 2.16. The molecule has 0 fully saturated rings. The standard InChI is InChI=1S/C14H14N4O2/c1-8-9(2)16-17-14(8)15-13(19)7-11-10-5-3-4-6-12(10)20-18-11/h3-6H,7H2,1-2H3,(H2,15,16,17,19). The van der Waals surface area contributed by atoms with E-state index < -0.39 is 0 Å². The van der Waals surface area contributed by atoms with Crippen molar-refractivity contribution < 1.29 is 9.32 Å². The van der Waals surface area contributed by atoms with Gasteiger partial charge in [0.15, 0.2) is 11.4 Å². The number of hydrogen-bond acceptors (Lipinski definition) is 4. The second-order valence-corrected chi connectivity index (χ2v) is 4.67. The van der Waals surface area contributed by atoms with Gasteiger partial charge in [-0.25, -0.2) is 0 Å². The average Bonchev–Trinajstić information content (AvgIpc) is 2.98. The van der Waals surface area contributed by atoms with Gasteiger partial charge in [0.25, 0.3) is 0 Å². The molecule has 0 atom stereocenters. The minimum Gasteiger partial charge on any atom is -0.356 e. The lowest BCUT2D eigenvalue weighted by molar-refractivity contribution is -0.115. The minimum absolute atomic E-state index is 0.155. The Morgan fingerprint density at radius 1 is 1.35 bits per heavy atom. The molecule has 6 heteroatoms. The van der Waals surface area contributed by atoms with E-state index in [0.717, 1.165) is 16.6 Å². The van der Waals surface area contributed by atoms with Crippen molar-refractivity contribution in [3.63, 3.8) is 0 Å². The van der Waals surface area contributed by atoms with Crippen LogP contribution >= 0.6 is 0 Å². The number of rotatable bonds is 3. The highest BCUT2D eigenvalue weighted by atomic mass is 16.5. The number of H-pyrrole nitrogens is 1. The largest absolute Gasteiger partial charge is 0.356 e. The van der Waals surface area contributed by atoms with Crippen molar-refractivity contribution in [1.29, 1.82) is 0 Å². The zero-order valence-corrected chi connectivity index (χ0v) is 11.2. The summed E-state index contributed by atoms with van der Waals surface area (Å²) in [6, 6.07) is 7.47. The number of carbonyl (C=O) groups is 1. The molecule has 0 radical (unpaired) electrons. The van der Waals surface area contributed by atoms with Gasteiger partial charge in [-0.15, -0.1) is 0 Å². The van der Waals surface area contributed by atoms with Gasteiger partial charge in [0.1, 0.15) is 5.69 Å². The van der Waals surface area contributed by atoms with Crippen molar-refractivity contribution in [2.24, 2.45) is 0 Å². The molecule has 102 valence electrons. The predicted octanol–water partition coefficient (Wildman–Crippen LogP) is 2.35. The van der Waals surface area contributed by atoms with Gasteiger partial charge in [-0.3, -0.25) is 9.89 Å². The van der Waals surface area contributed by atoms with Crippen molar-refractivity contribution in [2.45, 2.75) is 20.3 Å². The molecule has 0 unspecified atom stereocenters. The van der Waals surface area contributed by atoms with Crippen LogP contribution in [0.2, 0.25) is 0 Å². The molecule has 0 spiro atoms. The van der Waals surface area contributed by atoms with E-state index >= 15 is 0 Å². The maximum atomic E-state index is 12.0. The molecule has 1 aromatic carbocycles. The summed E-state index contributed by atoms with van der Waals surface area (Å²) in [7, 11) is 0. The summed E-state index contributed by atoms with van der Waals surface area (Å²) in [5, 5.41) is 14.4. The number of nitrogens with zero attached hydrogens (tertiary/aromatic N) is 2. The predicted molar refractivity (Wildman–Crippen MR) is 74.4 cm³/mol. The van der Waals surface area contributed by atoms with Crippen LogP contribution < -0.4 is 5.32 Å². The smallest absolute Gasteiger partial charge is 0.231 e. The Labute approximate surface area is 115 Å². The quantitative estimate of drug-likeness (QED) is 0.765. The first-order valence-corrected chi connectivity index (χ1v) is 6.30. The zero-order chi connectivity index (χ0) is 14.1. The van der Waals surface area contributed by atoms with Gasteiger partial charge in [0.05, 0.1) is 6.42 Å². The number of aryl methyl sites for hydroxylation is 1. The molecular formula is C14H14N4O2. The lowest BCUT2D eigenvalue weighted by atomic mass is 10.1. The second kappa shape index (κ2) is 4.80. The van der Waals surface area contributed by atoms with Crippen molar-refractivity contribution in [2.75, 3.05) is 5.32 Å². The second-order valence-electron chi connectivity index (χ2n) is 4.67. The van der Waals surface area contributed by atoms with Crippen LogP contribution in [0.25, 0.3) is 11.0 Å². The summed E-state index contributed by atoms with van der Waals surface area (Å²) in [5.41, 5.74) is 3.18. The van der Waals surface area contributed by atoms with Crippen LogP contribution in [0.3, 0.4) is 0 Å². The third-order valence-electron chi connectivity index (χ3n) is 3.29. The molecule has 20 heavy (non-hydrogen) atoms. The van der Waals surface area contributed by atoms with Gasteiger partial charge in [-0.05, 0) is 26.0 Å². The van der Waals surface area contributed by atoms with Gasteiger partial charge < -0.3 is 9.84 Å². The molecule has 0 bridgehead atoms. The maximum Gasteiger partial charge on any atom is 0.231 e. The average molecular weight is 270 g/mol. The van der Waals surface area contributed by atoms with E-state index in [0.29, 0.717) is 17.1 Å². The van der Waals surface area contributed by atoms with Crippen LogP contribution in [-0.4, -0.2) is 21.3 Å². The van der Waals surface area contributed by atoms with Crippen molar-refractivity contribution >= 4 is 22.7 Å². The fourth-order valence-corrected chi connectivity index (χ4v) is 2.00. The molecule has 0 aliphatic carbocycles. The highest BCUT2D eigenvalue weighted by Crippen LogP contribution is 2.19. The summed E-state index contributed by atoms with van der Waals surface area (Å²) in [6.45, 7) is 3.81. The van der Waals surface area contributed by atoms with Crippen LogP contribution in [0.1, 0.15) is 17.0 Å². The number of aromatic amines is 1. The molecule has 2 heterocycles. The Morgan fingerprint density at radius 3 is 2.90 bits per heavy atom. The van der Waals surface area contributed by atoms with Crippen LogP contribution in [0.5, 0.6) is 0 Å². The number of carbonyl (C=O) groups excluding carboxylic acids is 1. The number of benzene rings is 1. The molecule has 0 aliphatic rings. The number of aromatic nitrogens is 3. The lowest BCUT2D eigenvalue weighted by Gasteiger charge is -2.01. The topological polar surface area (TPSA) is 83.8 Å². The van der Waals surface area contributed by atoms with Crippen LogP contribution in [0.4, 0.5) is 5.82 Å². The normalized spacial score (nSPS) is 10.9. The molecule has 0 aliphatic heterocycles. The molecule has 0 saturated carbocycles. The van der Waals surface area contributed by atoms with E-state index in [9.17, 15) is 4.79 Å². The van der Waals surface area contributed by atoms with Crippen LogP contribution in [0.15, 0.2) is 28.8 Å². The van der Waals surface area contributed by atoms with E-state index in [-0.39, 0.29) is 12.3 Å². The number of anilines is 1. The number of hydrogen-bond donors (Lipinski definition) is 2. The Morgan fingerprint density at radius 2 is 2.15 bits per heavy atom. The highest BCUT2D eigenvalue weighted by molar-refractivity contribution is 5.94. The first-order chi connectivity index (χ1) is 9.65.